The maximum atomic E-state index is 13.4. The van der Waals surface area contributed by atoms with Crippen molar-refractivity contribution in [2.75, 3.05) is 32.0 Å². The Morgan fingerprint density at radius 2 is 1.94 bits per heavy atom. The third-order valence-corrected chi connectivity index (χ3v) is 3.30. The van der Waals surface area contributed by atoms with Crippen LogP contribution in [0, 0.1) is 23.4 Å². The summed E-state index contributed by atoms with van der Waals surface area (Å²) in [6, 6.07) is 1.39. The molecule has 1 N–H and O–H groups in total. The largest absolute Gasteiger partial charge is 0.380 e. The number of nitrogens with zero attached hydrogens (tertiary/aromatic N) is 1. The van der Waals surface area contributed by atoms with Crippen LogP contribution in [0.1, 0.15) is 12.8 Å². The van der Waals surface area contributed by atoms with Crippen molar-refractivity contribution >= 4 is 5.69 Å². The van der Waals surface area contributed by atoms with Crippen LogP contribution in [0.25, 0.3) is 0 Å². The lowest BCUT2D eigenvalue weighted by molar-refractivity contribution is 0.217. The van der Waals surface area contributed by atoms with Gasteiger partial charge in [0.2, 0.25) is 0 Å². The molecule has 1 fully saturated rings. The van der Waals surface area contributed by atoms with Gasteiger partial charge in [-0.05, 0) is 32.4 Å². The number of anilines is 1. The molecule has 2 rings (SSSR count). The van der Waals surface area contributed by atoms with Crippen molar-refractivity contribution in [2.45, 2.75) is 12.8 Å². The Kier molecular flexibility index (Phi) is 4.11. The van der Waals surface area contributed by atoms with Gasteiger partial charge in [0.25, 0.3) is 0 Å². The lowest BCUT2D eigenvalue weighted by Gasteiger charge is -2.30. The highest BCUT2D eigenvalue weighted by Crippen LogP contribution is 2.22. The van der Waals surface area contributed by atoms with Gasteiger partial charge >= 0.3 is 0 Å². The molecule has 1 saturated heterocycles. The fourth-order valence-electron chi connectivity index (χ4n) is 2.40. The highest BCUT2D eigenvalue weighted by atomic mass is 19.1. The molecule has 0 spiro atoms. The molecule has 5 heteroatoms. The van der Waals surface area contributed by atoms with Gasteiger partial charge in [-0.25, -0.2) is 13.2 Å². The topological polar surface area (TPSA) is 15.3 Å². The summed E-state index contributed by atoms with van der Waals surface area (Å²) >= 11 is 0. The predicted octanol–water partition coefficient (Wildman–Crippen LogP) is 2.86. The SMILES string of the molecule is CN1CCCC(CNc2c(F)cc(F)cc2F)C1. The van der Waals surface area contributed by atoms with E-state index in [9.17, 15) is 13.2 Å². The molecule has 1 unspecified atom stereocenters. The summed E-state index contributed by atoms with van der Waals surface area (Å²) in [5.74, 6) is -2.28. The summed E-state index contributed by atoms with van der Waals surface area (Å²) in [6.45, 7) is 2.48. The van der Waals surface area contributed by atoms with Gasteiger partial charge in [-0.3, -0.25) is 0 Å². The Hall–Kier alpha value is -1.23. The minimum atomic E-state index is -0.895. The van der Waals surface area contributed by atoms with Crippen LogP contribution in [-0.2, 0) is 0 Å². The van der Waals surface area contributed by atoms with Gasteiger partial charge in [0.05, 0.1) is 0 Å². The van der Waals surface area contributed by atoms with Crippen molar-refractivity contribution in [3.05, 3.63) is 29.6 Å². The zero-order chi connectivity index (χ0) is 13.1. The van der Waals surface area contributed by atoms with Crippen LogP contribution in [-0.4, -0.2) is 31.6 Å². The zero-order valence-electron chi connectivity index (χ0n) is 10.3. The number of likely N-dealkylation sites (tertiary alicyclic amines) is 1. The maximum Gasteiger partial charge on any atom is 0.152 e. The lowest BCUT2D eigenvalue weighted by Crippen LogP contribution is -2.35. The molecule has 1 aliphatic heterocycles. The molecular weight excluding hydrogens is 241 g/mol. The van der Waals surface area contributed by atoms with Gasteiger partial charge in [-0.2, -0.15) is 0 Å². The first-order chi connectivity index (χ1) is 8.56. The fourth-order valence-corrected chi connectivity index (χ4v) is 2.40. The molecule has 0 aromatic heterocycles. The molecule has 1 aliphatic rings. The quantitative estimate of drug-likeness (QED) is 0.896. The lowest BCUT2D eigenvalue weighted by atomic mass is 9.98. The first kappa shape index (κ1) is 13.2. The number of rotatable bonds is 3. The van der Waals surface area contributed by atoms with Gasteiger partial charge in [0.1, 0.15) is 11.5 Å². The van der Waals surface area contributed by atoms with Crippen LogP contribution in [0.15, 0.2) is 12.1 Å². The van der Waals surface area contributed by atoms with Gasteiger partial charge in [0, 0.05) is 25.2 Å². The summed E-state index contributed by atoms with van der Waals surface area (Å²) in [7, 11) is 2.03. The molecule has 0 bridgehead atoms. The summed E-state index contributed by atoms with van der Waals surface area (Å²) in [6.07, 6.45) is 2.14. The second-order valence-corrected chi connectivity index (χ2v) is 4.90. The smallest absolute Gasteiger partial charge is 0.152 e. The van der Waals surface area contributed by atoms with E-state index in [4.69, 9.17) is 0 Å². The van der Waals surface area contributed by atoms with E-state index in [2.05, 4.69) is 10.2 Å². The molecule has 1 atom stereocenters. The molecule has 0 aliphatic carbocycles. The number of hydrogen-bond acceptors (Lipinski definition) is 2. The summed E-state index contributed by atoms with van der Waals surface area (Å²) in [5, 5.41) is 2.76. The first-order valence-corrected chi connectivity index (χ1v) is 6.13. The fraction of sp³-hybridized carbons (Fsp3) is 0.538. The average Bonchev–Trinajstić information content (AvgIpc) is 2.27. The van der Waals surface area contributed by atoms with Gasteiger partial charge < -0.3 is 10.2 Å². The van der Waals surface area contributed by atoms with Crippen molar-refractivity contribution in [3.8, 4) is 0 Å². The van der Waals surface area contributed by atoms with Crippen LogP contribution in [0.4, 0.5) is 18.9 Å². The molecule has 2 nitrogen and oxygen atoms in total. The van der Waals surface area contributed by atoms with Crippen LogP contribution in [0.3, 0.4) is 0 Å². The van der Waals surface area contributed by atoms with E-state index in [-0.39, 0.29) is 5.69 Å². The first-order valence-electron chi connectivity index (χ1n) is 6.13. The number of benzene rings is 1. The third kappa shape index (κ3) is 3.16. The van der Waals surface area contributed by atoms with E-state index in [1.807, 2.05) is 7.05 Å². The molecule has 0 saturated carbocycles. The summed E-state index contributed by atoms with van der Waals surface area (Å²) in [5.41, 5.74) is -0.232. The van der Waals surface area contributed by atoms with Gasteiger partial charge in [-0.15, -0.1) is 0 Å². The van der Waals surface area contributed by atoms with E-state index >= 15 is 0 Å². The number of halogens is 3. The van der Waals surface area contributed by atoms with Crippen LogP contribution >= 0.6 is 0 Å². The Morgan fingerprint density at radius 3 is 2.56 bits per heavy atom. The summed E-state index contributed by atoms with van der Waals surface area (Å²) < 4.78 is 39.5. The van der Waals surface area contributed by atoms with Crippen molar-refractivity contribution in [1.82, 2.24) is 4.90 Å². The molecule has 0 radical (unpaired) electrons. The standard InChI is InChI=1S/C13H17F3N2/c1-18-4-2-3-9(8-18)7-17-13-11(15)5-10(14)6-12(13)16/h5-6,9,17H,2-4,7-8H2,1H3. The molecule has 1 heterocycles. The van der Waals surface area contributed by atoms with Crippen LogP contribution in [0.2, 0.25) is 0 Å². The third-order valence-electron chi connectivity index (χ3n) is 3.30. The second kappa shape index (κ2) is 5.61. The maximum absolute atomic E-state index is 13.4. The molecule has 18 heavy (non-hydrogen) atoms. The predicted molar refractivity (Wildman–Crippen MR) is 65.0 cm³/mol. The monoisotopic (exact) mass is 258 g/mol. The van der Waals surface area contributed by atoms with Crippen molar-refractivity contribution in [2.24, 2.45) is 5.92 Å². The van der Waals surface area contributed by atoms with Crippen molar-refractivity contribution in [3.63, 3.8) is 0 Å². The number of piperidine rings is 1. The van der Waals surface area contributed by atoms with E-state index in [0.717, 1.165) is 25.9 Å². The minimum Gasteiger partial charge on any atom is -0.380 e. The summed E-state index contributed by atoms with van der Waals surface area (Å²) in [4.78, 5) is 2.20. The molecule has 100 valence electrons. The minimum absolute atomic E-state index is 0.232. The van der Waals surface area contributed by atoms with E-state index < -0.39 is 17.5 Å². The van der Waals surface area contributed by atoms with E-state index in [1.54, 1.807) is 0 Å². The van der Waals surface area contributed by atoms with Gasteiger partial charge in [-0.1, -0.05) is 0 Å². The van der Waals surface area contributed by atoms with Crippen molar-refractivity contribution < 1.29 is 13.2 Å². The molecule has 0 amide bonds. The van der Waals surface area contributed by atoms with E-state index in [0.29, 0.717) is 24.6 Å². The van der Waals surface area contributed by atoms with Crippen LogP contribution < -0.4 is 5.32 Å². The second-order valence-electron chi connectivity index (χ2n) is 4.90. The Morgan fingerprint density at radius 1 is 1.28 bits per heavy atom. The number of nitrogens with one attached hydrogen (secondary N) is 1. The van der Waals surface area contributed by atoms with Crippen LogP contribution in [0.5, 0.6) is 0 Å². The highest BCUT2D eigenvalue weighted by Gasteiger charge is 2.18. The van der Waals surface area contributed by atoms with Gasteiger partial charge in [0.15, 0.2) is 11.6 Å². The zero-order valence-corrected chi connectivity index (χ0v) is 10.3. The number of hydrogen-bond donors (Lipinski definition) is 1. The normalized spacial score (nSPS) is 21.0. The Labute approximate surface area is 105 Å². The Bertz CT molecular complexity index is 400. The molecule has 1 aromatic rings. The van der Waals surface area contributed by atoms with Crippen molar-refractivity contribution in [1.29, 1.82) is 0 Å². The average molecular weight is 258 g/mol. The molecular formula is C13H17F3N2. The highest BCUT2D eigenvalue weighted by molar-refractivity contribution is 5.46. The Balaban J connectivity index is 1.97. The van der Waals surface area contributed by atoms with E-state index in [1.165, 1.54) is 0 Å². The molecule has 1 aromatic carbocycles.